The van der Waals surface area contributed by atoms with E-state index in [4.69, 9.17) is 23.4 Å². The van der Waals surface area contributed by atoms with E-state index in [0.717, 1.165) is 87.0 Å². The van der Waals surface area contributed by atoms with Crippen LogP contribution in [0, 0.1) is 24.7 Å². The summed E-state index contributed by atoms with van der Waals surface area (Å²) in [6, 6.07) is 7.68. The smallest absolute Gasteiger partial charge is 0.497 e. The highest BCUT2D eigenvalue weighted by Crippen LogP contribution is 2.32. The van der Waals surface area contributed by atoms with Gasteiger partial charge in [-0.05, 0) is 88.8 Å². The zero-order valence-electron chi connectivity index (χ0n) is 27.6. The molecule has 1 aromatic carbocycles. The zero-order chi connectivity index (χ0) is 34.0. The molecule has 13 nitrogen and oxygen atoms in total. The first-order valence-electron chi connectivity index (χ1n) is 17.0. The highest BCUT2D eigenvalue weighted by molar-refractivity contribution is 5.85. The van der Waals surface area contributed by atoms with Crippen molar-refractivity contribution in [2.75, 3.05) is 13.7 Å². The molecule has 0 spiro atoms. The Hall–Kier alpha value is -4.13. The number of carboxylic acid groups (broad SMARTS) is 1. The number of ether oxygens (including phenoxy) is 5. The fourth-order valence-corrected chi connectivity index (χ4v) is 7.08. The zero-order valence-corrected chi connectivity index (χ0v) is 27.6. The maximum Gasteiger partial charge on any atom is 0.518 e. The summed E-state index contributed by atoms with van der Waals surface area (Å²) in [5.74, 6) is 0.466. The van der Waals surface area contributed by atoms with Crippen LogP contribution in [-0.2, 0) is 35.1 Å². The molecule has 4 fully saturated rings. The second kappa shape index (κ2) is 16.8. The lowest BCUT2D eigenvalue weighted by molar-refractivity contribution is -0.149. The summed E-state index contributed by atoms with van der Waals surface area (Å²) < 4.78 is 31.1. The van der Waals surface area contributed by atoms with E-state index in [9.17, 15) is 24.3 Å². The molecule has 6 rings (SSSR count). The number of amides is 1. The lowest BCUT2D eigenvalue weighted by atomic mass is 9.78. The van der Waals surface area contributed by atoms with Gasteiger partial charge in [0, 0.05) is 18.2 Å². The van der Waals surface area contributed by atoms with Gasteiger partial charge in [-0.15, -0.1) is 0 Å². The number of nitrogens with zero attached hydrogens (tertiary/aromatic N) is 1. The van der Waals surface area contributed by atoms with Gasteiger partial charge in [0.25, 0.3) is 0 Å². The van der Waals surface area contributed by atoms with Crippen molar-refractivity contribution in [2.45, 2.75) is 109 Å². The lowest BCUT2D eigenvalue weighted by Crippen LogP contribution is -2.45. The molecule has 3 aliphatic carbocycles. The van der Waals surface area contributed by atoms with Gasteiger partial charge in [-0.1, -0.05) is 25.3 Å². The van der Waals surface area contributed by atoms with Crippen molar-refractivity contribution in [3.8, 4) is 17.2 Å². The first-order chi connectivity index (χ1) is 23.2. The number of rotatable bonds is 9. The highest BCUT2D eigenvalue weighted by atomic mass is 16.8. The third-order valence-electron chi connectivity index (χ3n) is 9.65. The van der Waals surface area contributed by atoms with Crippen molar-refractivity contribution >= 4 is 24.2 Å². The lowest BCUT2D eigenvalue weighted by Gasteiger charge is -2.33. The Morgan fingerprint density at radius 3 is 2.31 bits per heavy atom. The van der Waals surface area contributed by atoms with Crippen molar-refractivity contribution < 1.29 is 52.4 Å². The summed E-state index contributed by atoms with van der Waals surface area (Å²) in [6.45, 7) is 2.85. The van der Waals surface area contributed by atoms with Crippen LogP contribution in [0.5, 0.6) is 5.75 Å². The van der Waals surface area contributed by atoms with Crippen LogP contribution >= 0.6 is 0 Å². The molecule has 1 saturated heterocycles. The van der Waals surface area contributed by atoms with Gasteiger partial charge in [0.15, 0.2) is 0 Å². The van der Waals surface area contributed by atoms with E-state index in [0.29, 0.717) is 37.9 Å². The molecule has 2 aromatic rings. The number of cyclic esters (lactones) is 2. The molecule has 1 aliphatic heterocycles. The molecule has 0 radical (unpaired) electrons. The molecule has 13 heteroatoms. The number of benzene rings is 1. The molecule has 1 aromatic heterocycles. The predicted octanol–water partition coefficient (Wildman–Crippen LogP) is 6.34. The molecular weight excluding hydrogens is 624 g/mol. The van der Waals surface area contributed by atoms with Crippen LogP contribution in [0.15, 0.2) is 28.7 Å². The Bertz CT molecular complexity index is 1400. The SMILES string of the molecule is COc1cccc(-c2nc(COCC3CCCC(NC(=O)C4CCCCC4C(=O)O)C3)c(C)o2)c1.O=C1OC(=O)OC2CCCCC2O1. The van der Waals surface area contributed by atoms with Gasteiger partial charge < -0.3 is 38.5 Å². The van der Waals surface area contributed by atoms with Gasteiger partial charge in [0.1, 0.15) is 29.4 Å². The number of carboxylic acids is 1. The Morgan fingerprint density at radius 1 is 0.938 bits per heavy atom. The second-order valence-electron chi connectivity index (χ2n) is 13.0. The number of carbonyl (C=O) groups excluding carboxylic acids is 3. The normalized spacial score (nSPS) is 27.0. The molecule has 6 atom stereocenters. The van der Waals surface area contributed by atoms with E-state index in [1.807, 2.05) is 31.2 Å². The van der Waals surface area contributed by atoms with Crippen LogP contribution in [0.4, 0.5) is 9.59 Å². The first kappa shape index (κ1) is 35.2. The average Bonchev–Trinajstić information content (AvgIpc) is 3.38. The van der Waals surface area contributed by atoms with Gasteiger partial charge >= 0.3 is 18.3 Å². The molecule has 48 heavy (non-hydrogen) atoms. The minimum absolute atomic E-state index is 0.0784. The average molecular weight is 671 g/mol. The van der Waals surface area contributed by atoms with Crippen molar-refractivity contribution in [3.63, 3.8) is 0 Å². The molecule has 2 heterocycles. The minimum Gasteiger partial charge on any atom is -0.497 e. The fourth-order valence-electron chi connectivity index (χ4n) is 7.08. The summed E-state index contributed by atoms with van der Waals surface area (Å²) in [5, 5.41) is 12.6. The number of aromatic nitrogens is 1. The van der Waals surface area contributed by atoms with Crippen molar-refractivity contribution in [2.24, 2.45) is 17.8 Å². The van der Waals surface area contributed by atoms with Crippen LogP contribution in [0.3, 0.4) is 0 Å². The quantitative estimate of drug-likeness (QED) is 0.224. The summed E-state index contributed by atoms with van der Waals surface area (Å²) in [4.78, 5) is 50.6. The number of hydrogen-bond donors (Lipinski definition) is 2. The largest absolute Gasteiger partial charge is 0.518 e. The van der Waals surface area contributed by atoms with Gasteiger partial charge in [0.05, 0.1) is 25.6 Å². The van der Waals surface area contributed by atoms with Crippen LogP contribution in [-0.4, -0.2) is 66.2 Å². The molecule has 0 bridgehead atoms. The van der Waals surface area contributed by atoms with Crippen molar-refractivity contribution in [1.29, 1.82) is 0 Å². The number of aryl methyl sites for hydroxylation is 1. The van der Waals surface area contributed by atoms with E-state index in [1.54, 1.807) is 7.11 Å². The highest BCUT2D eigenvalue weighted by Gasteiger charge is 2.38. The minimum atomic E-state index is -0.945. The monoisotopic (exact) mass is 670 g/mol. The number of oxazole rings is 1. The molecule has 2 N–H and O–H groups in total. The second-order valence-corrected chi connectivity index (χ2v) is 13.0. The number of hydrogen-bond acceptors (Lipinski definition) is 11. The summed E-state index contributed by atoms with van der Waals surface area (Å²) in [7, 11) is 1.63. The number of carbonyl (C=O) groups is 4. The van der Waals surface area contributed by atoms with Crippen molar-refractivity contribution in [1.82, 2.24) is 10.3 Å². The Morgan fingerprint density at radius 2 is 1.62 bits per heavy atom. The van der Waals surface area contributed by atoms with Crippen LogP contribution in [0.1, 0.15) is 88.5 Å². The Balaban J connectivity index is 0.000000288. The molecule has 4 aliphatic rings. The summed E-state index contributed by atoms with van der Waals surface area (Å²) >= 11 is 0. The summed E-state index contributed by atoms with van der Waals surface area (Å²) in [5.41, 5.74) is 1.63. The van der Waals surface area contributed by atoms with E-state index in [1.165, 1.54) is 0 Å². The number of aliphatic carboxylic acids is 1. The van der Waals surface area contributed by atoms with Gasteiger partial charge in [-0.2, -0.15) is 0 Å². The van der Waals surface area contributed by atoms with E-state index in [-0.39, 0.29) is 24.2 Å². The topological polar surface area (TPSA) is 173 Å². The predicted molar refractivity (Wildman–Crippen MR) is 170 cm³/mol. The summed E-state index contributed by atoms with van der Waals surface area (Å²) in [6.07, 6.45) is 7.88. The molecular formula is C35H46N2O11. The molecule has 3 saturated carbocycles. The van der Waals surface area contributed by atoms with Gasteiger partial charge in [-0.25, -0.2) is 14.6 Å². The van der Waals surface area contributed by atoms with Gasteiger partial charge in [0.2, 0.25) is 11.8 Å². The third kappa shape index (κ3) is 9.48. The molecule has 262 valence electrons. The fraction of sp³-hybridized carbons (Fsp3) is 0.629. The van der Waals surface area contributed by atoms with Crippen molar-refractivity contribution in [3.05, 3.63) is 35.7 Å². The maximum atomic E-state index is 12.9. The van der Waals surface area contributed by atoms with Gasteiger partial charge in [-0.3, -0.25) is 9.59 Å². The number of fused-ring (bicyclic) bond motifs is 1. The maximum absolute atomic E-state index is 12.9. The van der Waals surface area contributed by atoms with E-state index in [2.05, 4.69) is 15.0 Å². The number of nitrogens with one attached hydrogen (secondary N) is 1. The standard InChI is InChI=1S/C27H36N2O6.C8H10O5/c1-17-24(29-26(35-17)19-8-6-10-21(14-19)33-2)16-34-15-18-7-5-9-20(13-18)28-25(30)22-11-3-4-12-23(22)27(31)32;9-7-11-5-3-1-2-4-6(5)12-8(10)13-7/h6,8,10,14,18,20,22-23H,3-5,7,9,11-13,15-16H2,1-2H3,(H,28,30)(H,31,32);5-6H,1-4H2. The van der Waals surface area contributed by atoms with Crippen LogP contribution in [0.25, 0.3) is 11.5 Å². The van der Waals surface area contributed by atoms with E-state index >= 15 is 0 Å². The first-order valence-corrected chi connectivity index (χ1v) is 17.0. The Kier molecular flexibility index (Phi) is 12.3. The Labute approximate surface area is 280 Å². The van der Waals surface area contributed by atoms with Crippen LogP contribution < -0.4 is 10.1 Å². The molecule has 1 amide bonds. The third-order valence-corrected chi connectivity index (χ3v) is 9.65. The van der Waals surface area contributed by atoms with E-state index < -0.39 is 30.1 Å². The van der Waals surface area contributed by atoms with Crippen LogP contribution in [0.2, 0.25) is 0 Å². The number of methoxy groups -OCH3 is 1. The molecule has 6 unspecified atom stereocenters.